The lowest BCUT2D eigenvalue weighted by molar-refractivity contribution is 0.759. The van der Waals surface area contributed by atoms with Gasteiger partial charge in [0.2, 0.25) is 0 Å². The molecule has 5 heteroatoms. The van der Waals surface area contributed by atoms with Gasteiger partial charge in [-0.25, -0.2) is 3.63 Å². The summed E-state index contributed by atoms with van der Waals surface area (Å²) < 4.78 is 6.78. The molecule has 9 heavy (non-hydrogen) atoms. The summed E-state index contributed by atoms with van der Waals surface area (Å²) in [7, 11) is 0. The highest BCUT2D eigenvalue weighted by Crippen LogP contribution is 2.47. The largest absolute Gasteiger partial charge is 0.245 e. The molecule has 2 aliphatic rings. The van der Waals surface area contributed by atoms with Crippen LogP contribution in [0.2, 0.25) is 0 Å². The van der Waals surface area contributed by atoms with Gasteiger partial charge in [0.15, 0.2) is 0 Å². The van der Waals surface area contributed by atoms with E-state index in [1.165, 1.54) is 11.5 Å². The highest BCUT2D eigenvalue weighted by molar-refractivity contribution is 8.27. The van der Waals surface area contributed by atoms with Gasteiger partial charge in [0.05, 0.1) is 9.16 Å². The van der Waals surface area contributed by atoms with E-state index in [2.05, 4.69) is 0 Å². The molecule has 0 aromatic carbocycles. The van der Waals surface area contributed by atoms with Crippen LogP contribution in [-0.2, 0) is 3.63 Å². The van der Waals surface area contributed by atoms with E-state index in [0.29, 0.717) is 0 Å². The highest BCUT2D eigenvalue weighted by atomic mass is 32.3. The highest BCUT2D eigenvalue weighted by Gasteiger charge is 2.28. The first kappa shape index (κ1) is 7.03. The Labute approximate surface area is 71.8 Å². The van der Waals surface area contributed by atoms with Crippen LogP contribution in [0.3, 0.4) is 0 Å². The fourth-order valence-electron chi connectivity index (χ4n) is 0.300. The van der Waals surface area contributed by atoms with Crippen molar-refractivity contribution in [3.05, 3.63) is 0 Å². The van der Waals surface area contributed by atoms with Gasteiger partial charge in [-0.2, -0.15) is 0 Å². The number of hydrogen-bond donors (Lipinski definition) is 0. The maximum absolute atomic E-state index is 5.27. The normalized spacial score (nSPS) is 38.7. The molecule has 2 fully saturated rings. The van der Waals surface area contributed by atoms with E-state index in [1.807, 2.05) is 23.5 Å². The summed E-state index contributed by atoms with van der Waals surface area (Å²) in [6.07, 6.45) is 0. The van der Waals surface area contributed by atoms with Crippen molar-refractivity contribution < 1.29 is 3.63 Å². The van der Waals surface area contributed by atoms with Gasteiger partial charge in [0.25, 0.3) is 0 Å². The molecule has 0 aromatic rings. The van der Waals surface area contributed by atoms with Gasteiger partial charge in [-0.05, 0) is 0 Å². The molecule has 1 nitrogen and oxygen atoms in total. The van der Waals surface area contributed by atoms with Crippen LogP contribution >= 0.6 is 47.6 Å². The van der Waals surface area contributed by atoms with Crippen molar-refractivity contribution >= 4 is 47.6 Å². The van der Waals surface area contributed by atoms with Crippen LogP contribution in [0.1, 0.15) is 0 Å². The van der Waals surface area contributed by atoms with Gasteiger partial charge in [-0.3, -0.25) is 0 Å². The van der Waals surface area contributed by atoms with Gasteiger partial charge >= 0.3 is 0 Å². The number of thioether (sulfide) groups is 2. The van der Waals surface area contributed by atoms with Crippen molar-refractivity contribution in [2.75, 3.05) is 11.5 Å². The van der Waals surface area contributed by atoms with Crippen molar-refractivity contribution in [3.63, 3.8) is 0 Å². The zero-order valence-corrected chi connectivity index (χ0v) is 7.88. The van der Waals surface area contributed by atoms with Crippen molar-refractivity contribution in [2.24, 2.45) is 0 Å². The van der Waals surface area contributed by atoms with Crippen LogP contribution in [0.15, 0.2) is 0 Å². The average molecular weight is 198 g/mol. The van der Waals surface area contributed by atoms with Crippen molar-refractivity contribution in [1.29, 1.82) is 0 Å². The topological polar surface area (TPSA) is 9.23 Å². The predicted molar refractivity (Wildman–Crippen MR) is 48.8 cm³/mol. The molecule has 2 aliphatic heterocycles. The average Bonchev–Trinajstić information content (AvgIpc) is 2.57. The van der Waals surface area contributed by atoms with Crippen molar-refractivity contribution in [3.8, 4) is 0 Å². The van der Waals surface area contributed by atoms with E-state index >= 15 is 0 Å². The molecule has 0 saturated carbocycles. The second-order valence-electron chi connectivity index (χ2n) is 1.79. The predicted octanol–water partition coefficient (Wildman–Crippen LogP) is 2.45. The monoisotopic (exact) mass is 198 g/mol. The van der Waals surface area contributed by atoms with Gasteiger partial charge in [0, 0.05) is 35.6 Å². The first-order valence-electron chi connectivity index (χ1n) is 2.67. The smallest absolute Gasteiger partial charge is 0.0868 e. The minimum Gasteiger partial charge on any atom is -0.245 e. The van der Waals surface area contributed by atoms with Gasteiger partial charge in [-0.15, -0.1) is 23.5 Å². The van der Waals surface area contributed by atoms with E-state index in [9.17, 15) is 0 Å². The molecule has 52 valence electrons. The third-order valence-electron chi connectivity index (χ3n) is 0.899. The summed E-state index contributed by atoms with van der Waals surface area (Å²) >= 11 is 7.16. The Balaban J connectivity index is 1.46. The Morgan fingerprint density at radius 1 is 1.11 bits per heavy atom. The maximum Gasteiger partial charge on any atom is 0.0868 e. The van der Waals surface area contributed by atoms with Gasteiger partial charge in [-0.1, -0.05) is 0 Å². The lowest BCUT2D eigenvalue weighted by atomic mass is 11.0. The summed E-state index contributed by atoms with van der Waals surface area (Å²) in [4.78, 5) is 0. The van der Waals surface area contributed by atoms with Crippen LogP contribution in [0.25, 0.3) is 0 Å². The third kappa shape index (κ3) is 2.84. The van der Waals surface area contributed by atoms with E-state index in [4.69, 9.17) is 3.63 Å². The summed E-state index contributed by atoms with van der Waals surface area (Å²) in [6.45, 7) is 0. The van der Waals surface area contributed by atoms with Crippen molar-refractivity contribution in [2.45, 2.75) is 9.16 Å². The van der Waals surface area contributed by atoms with E-state index in [-0.39, 0.29) is 0 Å². The van der Waals surface area contributed by atoms with E-state index in [0.717, 1.165) is 9.16 Å². The molecule has 2 atom stereocenters. The van der Waals surface area contributed by atoms with E-state index in [1.54, 1.807) is 24.1 Å². The minimum absolute atomic E-state index is 0.751. The maximum atomic E-state index is 5.27. The Morgan fingerprint density at radius 3 is 1.89 bits per heavy atom. The lowest BCUT2D eigenvalue weighted by Gasteiger charge is -1.93. The van der Waals surface area contributed by atoms with Crippen LogP contribution in [0.5, 0.6) is 0 Å². The van der Waals surface area contributed by atoms with Crippen LogP contribution in [-0.4, -0.2) is 20.7 Å². The number of hydrogen-bond acceptors (Lipinski definition) is 5. The molecular formula is C4H6OS4. The molecule has 0 amide bonds. The molecule has 0 spiro atoms. The summed E-state index contributed by atoms with van der Waals surface area (Å²) in [6, 6.07) is 0. The summed E-state index contributed by atoms with van der Waals surface area (Å²) in [5.74, 6) is 2.56. The second-order valence-corrected chi connectivity index (χ2v) is 6.92. The summed E-state index contributed by atoms with van der Waals surface area (Å²) in [5.41, 5.74) is 0. The molecule has 0 radical (unpaired) electrons. The first-order valence-corrected chi connectivity index (χ1v) is 6.38. The standard InChI is InChI=1S/C4H6OS4/c1-3(6-1)8-5-9-4-2-7-4/h3-4H,1-2H2. The fourth-order valence-corrected chi connectivity index (χ4v) is 3.28. The van der Waals surface area contributed by atoms with Gasteiger partial charge < -0.3 is 0 Å². The SMILES string of the molecule is C1SC1SOSC1CS1. The Kier molecular flexibility index (Phi) is 2.48. The van der Waals surface area contributed by atoms with Crippen LogP contribution < -0.4 is 0 Å². The van der Waals surface area contributed by atoms with Crippen LogP contribution in [0, 0.1) is 0 Å². The number of rotatable bonds is 4. The lowest BCUT2D eigenvalue weighted by Crippen LogP contribution is -1.75. The molecule has 2 unspecified atom stereocenters. The van der Waals surface area contributed by atoms with Gasteiger partial charge in [0.1, 0.15) is 0 Å². The molecular weight excluding hydrogens is 192 g/mol. The zero-order valence-electron chi connectivity index (χ0n) is 4.61. The van der Waals surface area contributed by atoms with Crippen LogP contribution in [0.4, 0.5) is 0 Å². The minimum atomic E-state index is 0.751. The molecule has 0 aliphatic carbocycles. The quantitative estimate of drug-likeness (QED) is 0.505. The first-order chi connectivity index (χ1) is 4.45. The second kappa shape index (κ2) is 3.17. The fraction of sp³-hybridized carbons (Fsp3) is 1.00. The molecule has 2 heterocycles. The third-order valence-corrected chi connectivity index (χ3v) is 5.27. The molecule has 2 rings (SSSR count). The zero-order chi connectivity index (χ0) is 6.10. The van der Waals surface area contributed by atoms with E-state index < -0.39 is 0 Å². The summed E-state index contributed by atoms with van der Waals surface area (Å²) in [5, 5.41) is 0. The van der Waals surface area contributed by atoms with Crippen molar-refractivity contribution in [1.82, 2.24) is 0 Å². The molecule has 0 N–H and O–H groups in total. The molecule has 2 saturated heterocycles. The Morgan fingerprint density at radius 2 is 1.56 bits per heavy atom. The Hall–Kier alpha value is 1.36. The Bertz CT molecular complexity index is 88.7. The molecule has 0 aromatic heterocycles. The molecule has 0 bridgehead atoms.